The molecule has 4 rings (SSSR count). The number of carbonyl (C=O) groups excluding carboxylic acids is 1. The van der Waals surface area contributed by atoms with Gasteiger partial charge >= 0.3 is 0 Å². The molecule has 122 valence electrons. The number of aromatic nitrogens is 1. The lowest BCUT2D eigenvalue weighted by molar-refractivity contribution is 0.0736. The van der Waals surface area contributed by atoms with Crippen molar-refractivity contribution in [3.8, 4) is 0 Å². The summed E-state index contributed by atoms with van der Waals surface area (Å²) in [5, 5.41) is 1.21. The molecule has 0 spiro atoms. The van der Waals surface area contributed by atoms with E-state index in [0.717, 1.165) is 31.3 Å². The number of hydrogen-bond donors (Lipinski definition) is 1. The number of halogens is 1. The Kier molecular flexibility index (Phi) is 3.81. The fraction of sp³-hybridized carbons (Fsp3) is 0.250. The molecule has 1 fully saturated rings. The molecule has 0 saturated carbocycles. The topological polar surface area (TPSA) is 36.1 Å². The molecule has 1 aromatic heterocycles. The van der Waals surface area contributed by atoms with Gasteiger partial charge in [-0.15, -0.1) is 0 Å². The largest absolute Gasteiger partial charge is 0.361 e. The van der Waals surface area contributed by atoms with E-state index < -0.39 is 0 Å². The average molecular weight is 322 g/mol. The summed E-state index contributed by atoms with van der Waals surface area (Å²) in [4.78, 5) is 17.9. The van der Waals surface area contributed by atoms with Crippen LogP contribution in [-0.4, -0.2) is 28.4 Å². The Labute approximate surface area is 140 Å². The molecule has 0 aliphatic carbocycles. The van der Waals surface area contributed by atoms with Gasteiger partial charge in [0.15, 0.2) is 0 Å². The average Bonchev–Trinajstić information content (AvgIpc) is 3.22. The first kappa shape index (κ1) is 14.9. The fourth-order valence-corrected chi connectivity index (χ4v) is 3.66. The summed E-state index contributed by atoms with van der Waals surface area (Å²) < 4.78 is 13.4. The molecular weight excluding hydrogens is 303 g/mol. The smallest absolute Gasteiger partial charge is 0.254 e. The number of likely N-dealkylation sites (tertiary alicyclic amines) is 1. The minimum atomic E-state index is -0.367. The van der Waals surface area contributed by atoms with Crippen molar-refractivity contribution in [3.05, 3.63) is 71.7 Å². The first-order valence-electron chi connectivity index (χ1n) is 8.34. The maximum Gasteiger partial charge on any atom is 0.254 e. The number of carbonyl (C=O) groups is 1. The van der Waals surface area contributed by atoms with Crippen LogP contribution in [0.1, 0.15) is 28.8 Å². The lowest BCUT2D eigenvalue weighted by Gasteiger charge is -2.25. The van der Waals surface area contributed by atoms with E-state index in [9.17, 15) is 9.18 Å². The number of para-hydroxylation sites is 1. The van der Waals surface area contributed by atoms with Crippen molar-refractivity contribution in [3.63, 3.8) is 0 Å². The van der Waals surface area contributed by atoms with E-state index in [0.29, 0.717) is 5.56 Å². The Bertz CT molecular complexity index is 886. The molecule has 24 heavy (non-hydrogen) atoms. The minimum Gasteiger partial charge on any atom is -0.361 e. The zero-order valence-corrected chi connectivity index (χ0v) is 13.3. The standard InChI is InChI=1S/C20H19FN2O/c21-16-6-3-5-14(11-16)20(24)23-10-4-7-17(23)12-15-13-22-19-9-2-1-8-18(15)19/h1-3,5-6,8-9,11,13,17,22H,4,7,10,12H2. The third-order valence-corrected chi connectivity index (χ3v) is 4.84. The van der Waals surface area contributed by atoms with Crippen molar-refractivity contribution >= 4 is 16.8 Å². The summed E-state index contributed by atoms with van der Waals surface area (Å²) >= 11 is 0. The monoisotopic (exact) mass is 322 g/mol. The van der Waals surface area contributed by atoms with Crippen LogP contribution in [0.25, 0.3) is 10.9 Å². The van der Waals surface area contributed by atoms with Crippen molar-refractivity contribution < 1.29 is 9.18 Å². The number of H-pyrrole nitrogens is 1. The maximum atomic E-state index is 13.4. The molecule has 2 heterocycles. The summed E-state index contributed by atoms with van der Waals surface area (Å²) in [7, 11) is 0. The van der Waals surface area contributed by atoms with E-state index in [1.165, 1.54) is 23.1 Å². The van der Waals surface area contributed by atoms with E-state index in [1.54, 1.807) is 12.1 Å². The van der Waals surface area contributed by atoms with Gasteiger partial charge in [0.2, 0.25) is 0 Å². The molecule has 1 N–H and O–H groups in total. The second-order valence-electron chi connectivity index (χ2n) is 6.37. The van der Waals surface area contributed by atoms with Gasteiger partial charge in [-0.3, -0.25) is 4.79 Å². The molecule has 1 amide bonds. The van der Waals surface area contributed by atoms with E-state index >= 15 is 0 Å². The van der Waals surface area contributed by atoms with Gasteiger partial charge in [-0.05, 0) is 49.1 Å². The van der Waals surface area contributed by atoms with Crippen LogP contribution in [0.15, 0.2) is 54.7 Å². The number of amides is 1. The lowest BCUT2D eigenvalue weighted by atomic mass is 10.0. The minimum absolute atomic E-state index is 0.0724. The molecular formula is C20H19FN2O. The van der Waals surface area contributed by atoms with Gasteiger partial charge in [-0.2, -0.15) is 0 Å². The summed E-state index contributed by atoms with van der Waals surface area (Å²) in [5.41, 5.74) is 2.78. The molecule has 2 aromatic carbocycles. The predicted octanol–water partition coefficient (Wildman–Crippen LogP) is 4.15. The molecule has 1 unspecified atom stereocenters. The van der Waals surface area contributed by atoms with Crippen molar-refractivity contribution in [2.24, 2.45) is 0 Å². The number of nitrogens with one attached hydrogen (secondary N) is 1. The number of benzene rings is 2. The van der Waals surface area contributed by atoms with Gasteiger partial charge in [-0.25, -0.2) is 4.39 Å². The number of fused-ring (bicyclic) bond motifs is 1. The van der Waals surface area contributed by atoms with Gasteiger partial charge in [0.1, 0.15) is 5.82 Å². The highest BCUT2D eigenvalue weighted by atomic mass is 19.1. The van der Waals surface area contributed by atoms with E-state index in [4.69, 9.17) is 0 Å². The Morgan fingerprint density at radius 2 is 2.08 bits per heavy atom. The van der Waals surface area contributed by atoms with Gasteiger partial charge in [-0.1, -0.05) is 24.3 Å². The third kappa shape index (κ3) is 2.68. The van der Waals surface area contributed by atoms with Crippen LogP contribution < -0.4 is 0 Å². The van der Waals surface area contributed by atoms with Crippen LogP contribution in [0.5, 0.6) is 0 Å². The van der Waals surface area contributed by atoms with Crippen LogP contribution in [0, 0.1) is 5.82 Å². The van der Waals surface area contributed by atoms with Gasteiger partial charge in [0.25, 0.3) is 5.91 Å². The highest BCUT2D eigenvalue weighted by Gasteiger charge is 2.30. The molecule has 1 atom stereocenters. The van der Waals surface area contributed by atoms with Gasteiger partial charge < -0.3 is 9.88 Å². The highest BCUT2D eigenvalue weighted by Crippen LogP contribution is 2.27. The molecule has 1 aliphatic rings. The van der Waals surface area contributed by atoms with Crippen LogP contribution >= 0.6 is 0 Å². The molecule has 3 aromatic rings. The first-order valence-corrected chi connectivity index (χ1v) is 8.34. The Morgan fingerprint density at radius 3 is 2.96 bits per heavy atom. The third-order valence-electron chi connectivity index (χ3n) is 4.84. The molecule has 4 heteroatoms. The Morgan fingerprint density at radius 1 is 1.21 bits per heavy atom. The fourth-order valence-electron chi connectivity index (χ4n) is 3.66. The maximum absolute atomic E-state index is 13.4. The molecule has 1 saturated heterocycles. The van der Waals surface area contributed by atoms with Gasteiger partial charge in [0, 0.05) is 35.2 Å². The van der Waals surface area contributed by atoms with Gasteiger partial charge in [0.05, 0.1) is 0 Å². The summed E-state index contributed by atoms with van der Waals surface area (Å²) in [5.74, 6) is -0.440. The molecule has 1 aliphatic heterocycles. The SMILES string of the molecule is O=C(c1cccc(F)c1)N1CCCC1Cc1c[nH]c2ccccc12. The Balaban J connectivity index is 1.58. The second-order valence-corrected chi connectivity index (χ2v) is 6.37. The summed E-state index contributed by atoms with van der Waals surface area (Å²) in [6.07, 6.45) is 4.84. The zero-order chi connectivity index (χ0) is 16.5. The van der Waals surface area contributed by atoms with Crippen molar-refractivity contribution in [2.45, 2.75) is 25.3 Å². The number of rotatable bonds is 3. The number of aromatic amines is 1. The van der Waals surface area contributed by atoms with Crippen LogP contribution in [0.2, 0.25) is 0 Å². The van der Waals surface area contributed by atoms with Crippen molar-refractivity contribution in [2.75, 3.05) is 6.54 Å². The predicted molar refractivity (Wildman–Crippen MR) is 92.5 cm³/mol. The lowest BCUT2D eigenvalue weighted by Crippen LogP contribution is -2.36. The quantitative estimate of drug-likeness (QED) is 0.772. The second kappa shape index (κ2) is 6.11. The molecule has 0 bridgehead atoms. The van der Waals surface area contributed by atoms with E-state index in [-0.39, 0.29) is 17.8 Å². The highest BCUT2D eigenvalue weighted by molar-refractivity contribution is 5.94. The van der Waals surface area contributed by atoms with Crippen LogP contribution in [0.3, 0.4) is 0 Å². The van der Waals surface area contributed by atoms with Crippen LogP contribution in [0.4, 0.5) is 4.39 Å². The first-order chi connectivity index (χ1) is 11.7. The van der Waals surface area contributed by atoms with Crippen molar-refractivity contribution in [1.82, 2.24) is 9.88 Å². The molecule has 3 nitrogen and oxygen atoms in total. The van der Waals surface area contributed by atoms with E-state index in [1.807, 2.05) is 23.2 Å². The number of hydrogen-bond acceptors (Lipinski definition) is 1. The Hall–Kier alpha value is -2.62. The normalized spacial score (nSPS) is 17.5. The van der Waals surface area contributed by atoms with Crippen molar-refractivity contribution in [1.29, 1.82) is 0 Å². The summed E-state index contributed by atoms with van der Waals surface area (Å²) in [6.45, 7) is 0.738. The number of nitrogens with zero attached hydrogens (tertiary/aromatic N) is 1. The molecule has 0 radical (unpaired) electrons. The van der Waals surface area contributed by atoms with Crippen LogP contribution in [-0.2, 0) is 6.42 Å². The van der Waals surface area contributed by atoms with E-state index in [2.05, 4.69) is 17.1 Å². The summed E-state index contributed by atoms with van der Waals surface area (Å²) in [6, 6.07) is 14.3. The zero-order valence-electron chi connectivity index (χ0n) is 13.3.